The second-order valence-corrected chi connectivity index (χ2v) is 5.73. The van der Waals surface area contributed by atoms with E-state index in [0.29, 0.717) is 17.4 Å². The Morgan fingerprint density at radius 1 is 1.14 bits per heavy atom. The van der Waals surface area contributed by atoms with Crippen molar-refractivity contribution < 1.29 is 5.11 Å². The quantitative estimate of drug-likeness (QED) is 0.940. The number of hydrogen-bond donors (Lipinski definition) is 1. The summed E-state index contributed by atoms with van der Waals surface area (Å²) >= 11 is 0. The first-order chi connectivity index (χ1) is 9.88. The van der Waals surface area contributed by atoms with Crippen molar-refractivity contribution in [2.24, 2.45) is 0 Å². The van der Waals surface area contributed by atoms with E-state index in [1.54, 1.807) is 13.8 Å². The van der Waals surface area contributed by atoms with Gasteiger partial charge < -0.3 is 5.11 Å². The fourth-order valence-electron chi connectivity index (χ4n) is 2.37. The SMILES string of the molecule is Cc1cc(=O)n(CC(O)c2ccc(C(C)C)cc2)c(C)n1. The van der Waals surface area contributed by atoms with Gasteiger partial charge in [-0.05, 0) is 30.9 Å². The molecule has 1 unspecified atom stereocenters. The highest BCUT2D eigenvalue weighted by atomic mass is 16.3. The van der Waals surface area contributed by atoms with Crippen molar-refractivity contribution in [1.29, 1.82) is 0 Å². The number of hydrogen-bond acceptors (Lipinski definition) is 3. The molecule has 0 amide bonds. The average Bonchev–Trinajstić information content (AvgIpc) is 2.42. The molecule has 1 N–H and O–H groups in total. The number of aryl methyl sites for hydroxylation is 2. The number of benzene rings is 1. The lowest BCUT2D eigenvalue weighted by molar-refractivity contribution is 0.153. The molecule has 1 aromatic carbocycles. The molecule has 0 saturated heterocycles. The maximum absolute atomic E-state index is 12.0. The smallest absolute Gasteiger partial charge is 0.253 e. The van der Waals surface area contributed by atoms with Crippen molar-refractivity contribution in [3.63, 3.8) is 0 Å². The third kappa shape index (κ3) is 3.58. The van der Waals surface area contributed by atoms with Crippen molar-refractivity contribution in [3.05, 3.63) is 63.3 Å². The molecule has 0 aliphatic carbocycles. The molecular formula is C17H22N2O2. The van der Waals surface area contributed by atoms with Crippen LogP contribution >= 0.6 is 0 Å². The van der Waals surface area contributed by atoms with E-state index in [0.717, 1.165) is 5.56 Å². The predicted molar refractivity (Wildman–Crippen MR) is 83.5 cm³/mol. The van der Waals surface area contributed by atoms with Crippen molar-refractivity contribution >= 4 is 0 Å². The lowest BCUT2D eigenvalue weighted by Crippen LogP contribution is -2.26. The zero-order valence-electron chi connectivity index (χ0n) is 13.0. The highest BCUT2D eigenvalue weighted by Crippen LogP contribution is 2.19. The van der Waals surface area contributed by atoms with Crippen LogP contribution in [0.3, 0.4) is 0 Å². The van der Waals surface area contributed by atoms with Gasteiger partial charge in [-0.3, -0.25) is 9.36 Å². The average molecular weight is 286 g/mol. The monoisotopic (exact) mass is 286 g/mol. The van der Waals surface area contributed by atoms with Gasteiger partial charge in [0.2, 0.25) is 0 Å². The lowest BCUT2D eigenvalue weighted by atomic mass is 10.00. The second-order valence-electron chi connectivity index (χ2n) is 5.73. The summed E-state index contributed by atoms with van der Waals surface area (Å²) in [6.07, 6.45) is -0.716. The summed E-state index contributed by atoms with van der Waals surface area (Å²) in [4.78, 5) is 16.3. The summed E-state index contributed by atoms with van der Waals surface area (Å²) in [5.74, 6) is 1.08. The number of aliphatic hydroxyl groups is 1. The Hall–Kier alpha value is -1.94. The van der Waals surface area contributed by atoms with Gasteiger partial charge in [-0.15, -0.1) is 0 Å². The van der Waals surface area contributed by atoms with Gasteiger partial charge in [-0.1, -0.05) is 38.1 Å². The third-order valence-electron chi connectivity index (χ3n) is 3.67. The van der Waals surface area contributed by atoms with Crippen LogP contribution in [0.4, 0.5) is 0 Å². The predicted octanol–water partition coefficient (Wildman–Crippen LogP) is 2.72. The minimum Gasteiger partial charge on any atom is -0.387 e. The van der Waals surface area contributed by atoms with Crippen LogP contribution in [0.1, 0.15) is 48.5 Å². The maximum Gasteiger partial charge on any atom is 0.253 e. The van der Waals surface area contributed by atoms with E-state index >= 15 is 0 Å². The van der Waals surface area contributed by atoms with Crippen molar-refractivity contribution in [2.45, 2.75) is 46.3 Å². The molecule has 0 aliphatic heterocycles. The van der Waals surface area contributed by atoms with Crippen molar-refractivity contribution in [2.75, 3.05) is 0 Å². The van der Waals surface area contributed by atoms with Crippen LogP contribution in [0.15, 0.2) is 35.1 Å². The third-order valence-corrected chi connectivity index (χ3v) is 3.67. The molecule has 2 aromatic rings. The summed E-state index contributed by atoms with van der Waals surface area (Å²) in [6, 6.07) is 9.37. The van der Waals surface area contributed by atoms with Gasteiger partial charge in [-0.2, -0.15) is 0 Å². The first-order valence-corrected chi connectivity index (χ1v) is 7.21. The summed E-state index contributed by atoms with van der Waals surface area (Å²) in [5.41, 5.74) is 2.62. The molecule has 4 nitrogen and oxygen atoms in total. The summed E-state index contributed by atoms with van der Waals surface area (Å²) in [7, 11) is 0. The summed E-state index contributed by atoms with van der Waals surface area (Å²) in [5, 5.41) is 10.3. The fraction of sp³-hybridized carbons (Fsp3) is 0.412. The number of aliphatic hydroxyl groups excluding tert-OH is 1. The molecule has 1 aromatic heterocycles. The maximum atomic E-state index is 12.0. The number of nitrogens with zero attached hydrogens (tertiary/aromatic N) is 2. The molecule has 0 saturated carbocycles. The van der Waals surface area contributed by atoms with Crippen LogP contribution in [0.2, 0.25) is 0 Å². The molecular weight excluding hydrogens is 264 g/mol. The largest absolute Gasteiger partial charge is 0.387 e. The Morgan fingerprint density at radius 3 is 2.24 bits per heavy atom. The van der Waals surface area contributed by atoms with E-state index in [1.807, 2.05) is 24.3 Å². The molecule has 112 valence electrons. The Morgan fingerprint density at radius 2 is 1.71 bits per heavy atom. The van der Waals surface area contributed by atoms with E-state index in [9.17, 15) is 9.90 Å². The molecule has 4 heteroatoms. The molecule has 0 fully saturated rings. The summed E-state index contributed by atoms with van der Waals surface area (Å²) in [6.45, 7) is 8.06. The Bertz CT molecular complexity index is 672. The van der Waals surface area contributed by atoms with E-state index in [4.69, 9.17) is 0 Å². The lowest BCUT2D eigenvalue weighted by Gasteiger charge is -2.16. The second kappa shape index (κ2) is 6.22. The molecule has 0 spiro atoms. The first kappa shape index (κ1) is 15.4. The zero-order valence-corrected chi connectivity index (χ0v) is 13.0. The standard InChI is InChI=1S/C17H22N2O2/c1-11(2)14-5-7-15(8-6-14)16(20)10-19-13(4)18-12(3)9-17(19)21/h5-9,11,16,20H,10H2,1-4H3. The normalized spacial score (nSPS) is 12.7. The molecule has 1 heterocycles. The minimum atomic E-state index is -0.716. The summed E-state index contributed by atoms with van der Waals surface area (Å²) < 4.78 is 1.51. The highest BCUT2D eigenvalue weighted by Gasteiger charge is 2.12. The van der Waals surface area contributed by atoms with Crippen LogP contribution in [-0.2, 0) is 6.54 Å². The Labute approximate surface area is 125 Å². The van der Waals surface area contributed by atoms with Crippen LogP contribution in [0, 0.1) is 13.8 Å². The highest BCUT2D eigenvalue weighted by molar-refractivity contribution is 5.26. The van der Waals surface area contributed by atoms with Gasteiger partial charge in [0.05, 0.1) is 12.6 Å². The van der Waals surface area contributed by atoms with Gasteiger partial charge >= 0.3 is 0 Å². The molecule has 0 radical (unpaired) electrons. The molecule has 0 bridgehead atoms. The van der Waals surface area contributed by atoms with Crippen LogP contribution in [-0.4, -0.2) is 14.7 Å². The molecule has 1 atom stereocenters. The van der Waals surface area contributed by atoms with Crippen molar-refractivity contribution in [3.8, 4) is 0 Å². The van der Waals surface area contributed by atoms with Crippen LogP contribution in [0.25, 0.3) is 0 Å². The fourth-order valence-corrected chi connectivity index (χ4v) is 2.37. The van der Waals surface area contributed by atoms with E-state index in [2.05, 4.69) is 18.8 Å². The van der Waals surface area contributed by atoms with Gasteiger partial charge in [0.15, 0.2) is 0 Å². The van der Waals surface area contributed by atoms with Gasteiger partial charge in [0.25, 0.3) is 5.56 Å². The topological polar surface area (TPSA) is 55.1 Å². The minimum absolute atomic E-state index is 0.127. The number of rotatable bonds is 4. The van der Waals surface area contributed by atoms with Crippen LogP contribution in [0.5, 0.6) is 0 Å². The molecule has 2 rings (SSSR count). The first-order valence-electron chi connectivity index (χ1n) is 7.21. The Balaban J connectivity index is 2.22. The zero-order chi connectivity index (χ0) is 15.6. The van der Waals surface area contributed by atoms with Gasteiger partial charge in [0.1, 0.15) is 5.82 Å². The van der Waals surface area contributed by atoms with Gasteiger partial charge in [0, 0.05) is 11.8 Å². The Kier molecular flexibility index (Phi) is 4.58. The van der Waals surface area contributed by atoms with Crippen LogP contribution < -0.4 is 5.56 Å². The van der Waals surface area contributed by atoms with Crippen molar-refractivity contribution in [1.82, 2.24) is 9.55 Å². The molecule has 21 heavy (non-hydrogen) atoms. The number of aromatic nitrogens is 2. The van der Waals surface area contributed by atoms with E-state index in [1.165, 1.54) is 16.2 Å². The van der Waals surface area contributed by atoms with Gasteiger partial charge in [-0.25, -0.2) is 4.98 Å². The van der Waals surface area contributed by atoms with E-state index < -0.39 is 6.10 Å². The van der Waals surface area contributed by atoms with E-state index in [-0.39, 0.29) is 12.1 Å². The molecule has 0 aliphatic rings.